The Labute approximate surface area is 401 Å². The smallest absolute Gasteiger partial charge is 0.303 e. The summed E-state index contributed by atoms with van der Waals surface area (Å²) in [7, 11) is 2.40. The van der Waals surface area contributed by atoms with Gasteiger partial charge in [-0.15, -0.1) is 0 Å². The molecule has 1 saturated heterocycles. The van der Waals surface area contributed by atoms with Gasteiger partial charge in [0.2, 0.25) is 11.8 Å². The lowest BCUT2D eigenvalue weighted by molar-refractivity contribution is -0.149. The number of Topliss-reactive ketones (excluding diaryl/α,β-unsaturated/α-hetero) is 2. The van der Waals surface area contributed by atoms with Gasteiger partial charge in [0.25, 0.3) is 10.1 Å². The topological polar surface area (TPSA) is 188 Å². The van der Waals surface area contributed by atoms with E-state index < -0.39 is 52.2 Å². The number of aliphatic carboxylic acids is 1. The van der Waals surface area contributed by atoms with Crippen LogP contribution in [0.15, 0.2) is 59.5 Å². The number of ketones is 2. The molecule has 0 radical (unpaired) electrons. The summed E-state index contributed by atoms with van der Waals surface area (Å²) in [6, 6.07) is 14.8. The van der Waals surface area contributed by atoms with Crippen molar-refractivity contribution in [3.8, 4) is 0 Å². The van der Waals surface area contributed by atoms with Gasteiger partial charge in [0, 0.05) is 58.9 Å². The minimum absolute atomic E-state index is 0.00455. The van der Waals surface area contributed by atoms with Gasteiger partial charge in [-0.25, -0.2) is 0 Å². The molecule has 1 fully saturated rings. The SMILES string of the molecule is CC[C@H](C)[C@@H]([C@@H](CC(=O)N1CCC[C@H]1[C@H](OC)[C@@H](C)C(=O)C[C@H](CCc1ccc(S(=O)(=O)O)cc1)Cc1ccccc1)OC)N(C)C(=O)[C@@H](CC(=O)[C@H](C(C)C)N(C)CCCC(=O)O)C(C)C. The molecule has 376 valence electrons. The van der Waals surface area contributed by atoms with E-state index in [0.717, 1.165) is 17.5 Å². The van der Waals surface area contributed by atoms with Gasteiger partial charge in [0.15, 0.2) is 5.78 Å². The molecule has 0 aliphatic carbocycles. The van der Waals surface area contributed by atoms with Gasteiger partial charge in [-0.05, 0) is 99.0 Å². The van der Waals surface area contributed by atoms with E-state index >= 15 is 0 Å². The molecule has 2 amide bonds. The van der Waals surface area contributed by atoms with Crippen LogP contribution in [0.3, 0.4) is 0 Å². The Bertz CT molecular complexity index is 1990. The highest BCUT2D eigenvalue weighted by Gasteiger charge is 2.43. The fourth-order valence-corrected chi connectivity index (χ4v) is 10.7. The average Bonchev–Trinajstić information content (AvgIpc) is 3.76. The highest BCUT2D eigenvalue weighted by atomic mass is 32.2. The number of carboxylic acid groups (broad SMARTS) is 1. The number of likely N-dealkylation sites (tertiary alicyclic amines) is 1. The number of amides is 2. The Morgan fingerprint density at radius 2 is 1.48 bits per heavy atom. The normalized spacial score (nSPS) is 18.0. The molecule has 9 atom stereocenters. The molecule has 2 aromatic rings. The quantitative estimate of drug-likeness (QED) is 0.0730. The summed E-state index contributed by atoms with van der Waals surface area (Å²) in [5.74, 6) is -2.70. The molecule has 0 aromatic heterocycles. The number of methoxy groups -OCH3 is 2. The van der Waals surface area contributed by atoms with Crippen LogP contribution < -0.4 is 0 Å². The first-order valence-corrected chi connectivity index (χ1v) is 25.7. The number of hydrogen-bond acceptors (Lipinski definition) is 10. The lowest BCUT2D eigenvalue weighted by atomic mass is 9.83. The molecule has 1 heterocycles. The van der Waals surface area contributed by atoms with Gasteiger partial charge >= 0.3 is 5.97 Å². The summed E-state index contributed by atoms with van der Waals surface area (Å²) < 4.78 is 44.8. The number of likely N-dealkylation sites (N-methyl/N-ethyl adjacent to an activating group) is 2. The number of carbonyl (C=O) groups is 5. The molecule has 67 heavy (non-hydrogen) atoms. The van der Waals surface area contributed by atoms with Crippen molar-refractivity contribution in [3.63, 3.8) is 0 Å². The van der Waals surface area contributed by atoms with Gasteiger partial charge in [0.1, 0.15) is 5.78 Å². The van der Waals surface area contributed by atoms with Crippen molar-refractivity contribution >= 4 is 39.5 Å². The molecular weight excluding hydrogens is 875 g/mol. The van der Waals surface area contributed by atoms with Crippen molar-refractivity contribution in [2.45, 2.75) is 154 Å². The van der Waals surface area contributed by atoms with E-state index in [1.807, 2.05) is 95.6 Å². The van der Waals surface area contributed by atoms with Crippen molar-refractivity contribution in [1.29, 1.82) is 0 Å². The molecule has 2 N–H and O–H groups in total. The van der Waals surface area contributed by atoms with Crippen molar-refractivity contribution in [1.82, 2.24) is 14.7 Å². The first kappa shape index (κ1) is 57.3. The summed E-state index contributed by atoms with van der Waals surface area (Å²) in [5, 5.41) is 9.15. The molecule has 1 aliphatic heterocycles. The van der Waals surface area contributed by atoms with Crippen LogP contribution in [0.5, 0.6) is 0 Å². The van der Waals surface area contributed by atoms with Crippen LogP contribution >= 0.6 is 0 Å². The standard InChI is InChI=1S/C52H81N3O11S/c1-12-36(6)50(54(9)52(61)42(34(2)3)32-45(57)49(35(4)5)53(8)28-17-21-48(59)60)46(65-10)33-47(58)55-29-16-20-43(55)51(66-11)37(7)44(56)31-40(30-39-18-14-13-15-19-39)23-22-38-24-26-41(27-25-38)67(62,63)64/h13-15,18-19,24-27,34-37,40,42-43,46,49-51H,12,16-17,20-23,28-33H2,1-11H3,(H,59,60)(H,62,63,64)/t36-,37-,40+,42-,43-,46+,49-,50-,51+/m0/s1. The summed E-state index contributed by atoms with van der Waals surface area (Å²) >= 11 is 0. The number of benzene rings is 2. The minimum Gasteiger partial charge on any atom is -0.481 e. The number of ether oxygens (including phenoxy) is 2. The largest absolute Gasteiger partial charge is 0.481 e. The highest BCUT2D eigenvalue weighted by molar-refractivity contribution is 7.85. The van der Waals surface area contributed by atoms with E-state index in [1.165, 1.54) is 12.1 Å². The van der Waals surface area contributed by atoms with Gasteiger partial charge in [-0.2, -0.15) is 8.42 Å². The second-order valence-electron chi connectivity index (χ2n) is 19.7. The van der Waals surface area contributed by atoms with Gasteiger partial charge < -0.3 is 24.4 Å². The van der Waals surface area contributed by atoms with Crippen molar-refractivity contribution in [3.05, 3.63) is 65.7 Å². The van der Waals surface area contributed by atoms with Crippen LogP contribution in [0.1, 0.15) is 117 Å². The van der Waals surface area contributed by atoms with E-state index in [9.17, 15) is 36.9 Å². The van der Waals surface area contributed by atoms with Crippen LogP contribution in [0.4, 0.5) is 0 Å². The number of hydrogen-bond donors (Lipinski definition) is 2. The number of aryl methyl sites for hydroxylation is 1. The lowest BCUT2D eigenvalue weighted by Crippen LogP contribution is -2.54. The molecule has 1 aliphatic rings. The fourth-order valence-electron chi connectivity index (χ4n) is 10.2. The first-order chi connectivity index (χ1) is 31.5. The maximum absolute atomic E-state index is 14.6. The molecule has 0 spiro atoms. The third-order valence-electron chi connectivity index (χ3n) is 14.2. The Kier molecular flexibility index (Phi) is 23.3. The second kappa shape index (κ2) is 27.2. The molecular formula is C52H81N3O11S. The first-order valence-electron chi connectivity index (χ1n) is 24.2. The molecule has 15 heteroatoms. The monoisotopic (exact) mass is 956 g/mol. The Morgan fingerprint density at radius 1 is 0.836 bits per heavy atom. The van der Waals surface area contributed by atoms with E-state index in [1.54, 1.807) is 38.3 Å². The maximum atomic E-state index is 14.6. The molecule has 14 nitrogen and oxygen atoms in total. The van der Waals surface area contributed by atoms with Crippen LogP contribution in [0, 0.1) is 35.5 Å². The lowest BCUT2D eigenvalue weighted by Gasteiger charge is -2.41. The van der Waals surface area contributed by atoms with E-state index in [-0.39, 0.29) is 83.7 Å². The predicted octanol–water partition coefficient (Wildman–Crippen LogP) is 7.66. The van der Waals surface area contributed by atoms with Crippen molar-refractivity contribution < 1.29 is 51.5 Å². The van der Waals surface area contributed by atoms with Crippen LogP contribution in [-0.4, -0.2) is 134 Å². The van der Waals surface area contributed by atoms with E-state index in [4.69, 9.17) is 14.6 Å². The zero-order valence-electron chi connectivity index (χ0n) is 42.1. The average molecular weight is 956 g/mol. The Morgan fingerprint density at radius 3 is 2.01 bits per heavy atom. The second-order valence-corrected chi connectivity index (χ2v) is 21.1. The third-order valence-corrected chi connectivity index (χ3v) is 15.0. The van der Waals surface area contributed by atoms with Gasteiger partial charge in [-0.1, -0.05) is 97.4 Å². The van der Waals surface area contributed by atoms with E-state index in [0.29, 0.717) is 51.6 Å². The summed E-state index contributed by atoms with van der Waals surface area (Å²) in [6.45, 7) is 14.7. The molecule has 0 saturated carbocycles. The third kappa shape index (κ3) is 16.9. The number of rotatable bonds is 30. The molecule has 3 rings (SSSR count). The maximum Gasteiger partial charge on any atom is 0.303 e. The fraction of sp³-hybridized carbons (Fsp3) is 0.673. The van der Waals surface area contributed by atoms with Crippen LogP contribution in [0.2, 0.25) is 0 Å². The van der Waals surface area contributed by atoms with E-state index in [2.05, 4.69) is 0 Å². The highest BCUT2D eigenvalue weighted by Crippen LogP contribution is 2.32. The van der Waals surface area contributed by atoms with Gasteiger partial charge in [-0.3, -0.25) is 33.4 Å². The molecule has 0 unspecified atom stereocenters. The molecule has 0 bridgehead atoms. The number of carbonyl (C=O) groups excluding carboxylic acids is 4. The van der Waals surface area contributed by atoms with Crippen molar-refractivity contribution in [2.24, 2.45) is 35.5 Å². The number of carboxylic acids is 1. The van der Waals surface area contributed by atoms with Crippen molar-refractivity contribution in [2.75, 3.05) is 41.4 Å². The van der Waals surface area contributed by atoms with Crippen LogP contribution in [0.25, 0.3) is 0 Å². The summed E-state index contributed by atoms with van der Waals surface area (Å²) in [5.41, 5.74) is 1.99. The van der Waals surface area contributed by atoms with Gasteiger partial charge in [0.05, 0.1) is 41.6 Å². The number of nitrogens with zero attached hydrogens (tertiary/aromatic N) is 3. The minimum atomic E-state index is -4.31. The Balaban J connectivity index is 1.79. The summed E-state index contributed by atoms with van der Waals surface area (Å²) in [6.07, 6.45) is 3.57. The Hall–Kier alpha value is -4.02. The zero-order valence-corrected chi connectivity index (χ0v) is 42.9. The predicted molar refractivity (Wildman–Crippen MR) is 260 cm³/mol. The molecule has 2 aromatic carbocycles. The summed E-state index contributed by atoms with van der Waals surface area (Å²) in [4.78, 5) is 73.7. The zero-order chi connectivity index (χ0) is 50.2. The van der Waals surface area contributed by atoms with Crippen LogP contribution in [-0.2, 0) is 56.4 Å².